The number of piperidine rings is 1. The van der Waals surface area contributed by atoms with Crippen molar-refractivity contribution < 1.29 is 4.79 Å². The third-order valence-electron chi connectivity index (χ3n) is 3.44. The molecule has 0 aromatic heterocycles. The minimum absolute atomic E-state index is 0.0823. The first-order valence-electron chi connectivity index (χ1n) is 7.17. The van der Waals surface area contributed by atoms with Gasteiger partial charge in [-0.05, 0) is 31.7 Å². The SMILES string of the molecule is CCNC1CCCN(CCCCC(C)C)C1=O. The van der Waals surface area contributed by atoms with E-state index < -0.39 is 0 Å². The molecule has 0 bridgehead atoms. The minimum atomic E-state index is 0.0823. The Balaban J connectivity index is 2.25. The molecule has 3 heteroatoms. The maximum absolute atomic E-state index is 12.1. The van der Waals surface area contributed by atoms with E-state index in [1.165, 1.54) is 12.8 Å². The van der Waals surface area contributed by atoms with Gasteiger partial charge in [-0.15, -0.1) is 0 Å². The van der Waals surface area contributed by atoms with Gasteiger partial charge >= 0.3 is 0 Å². The molecule has 0 radical (unpaired) electrons. The molecule has 0 aliphatic carbocycles. The Morgan fingerprint density at radius 2 is 2.18 bits per heavy atom. The molecule has 100 valence electrons. The Kier molecular flexibility index (Phi) is 6.56. The van der Waals surface area contributed by atoms with E-state index in [0.717, 1.165) is 44.8 Å². The zero-order valence-corrected chi connectivity index (χ0v) is 11.7. The average molecular weight is 240 g/mol. The summed E-state index contributed by atoms with van der Waals surface area (Å²) in [6.07, 6.45) is 5.83. The van der Waals surface area contributed by atoms with Crippen LogP contribution >= 0.6 is 0 Å². The van der Waals surface area contributed by atoms with Crippen molar-refractivity contribution >= 4 is 5.91 Å². The molecule has 0 saturated carbocycles. The fourth-order valence-electron chi connectivity index (χ4n) is 2.45. The summed E-state index contributed by atoms with van der Waals surface area (Å²) >= 11 is 0. The van der Waals surface area contributed by atoms with E-state index in [2.05, 4.69) is 31.0 Å². The molecular formula is C14H28N2O. The molecule has 17 heavy (non-hydrogen) atoms. The highest BCUT2D eigenvalue weighted by Gasteiger charge is 2.27. The molecule has 1 atom stereocenters. The zero-order valence-electron chi connectivity index (χ0n) is 11.7. The predicted octanol–water partition coefficient (Wildman–Crippen LogP) is 2.41. The van der Waals surface area contributed by atoms with Gasteiger partial charge in [0.15, 0.2) is 0 Å². The highest BCUT2D eigenvalue weighted by Crippen LogP contribution is 2.14. The number of likely N-dealkylation sites (N-methyl/N-ethyl adjacent to an activating group) is 1. The molecule has 1 aliphatic heterocycles. The smallest absolute Gasteiger partial charge is 0.239 e. The molecule has 3 nitrogen and oxygen atoms in total. The van der Waals surface area contributed by atoms with Crippen molar-refractivity contribution in [1.82, 2.24) is 10.2 Å². The van der Waals surface area contributed by atoms with E-state index in [1.54, 1.807) is 0 Å². The van der Waals surface area contributed by atoms with Crippen LogP contribution in [-0.4, -0.2) is 36.5 Å². The van der Waals surface area contributed by atoms with E-state index >= 15 is 0 Å². The summed E-state index contributed by atoms with van der Waals surface area (Å²) in [5.41, 5.74) is 0. The van der Waals surface area contributed by atoms with Crippen LogP contribution in [-0.2, 0) is 4.79 Å². The Morgan fingerprint density at radius 1 is 1.41 bits per heavy atom. The highest BCUT2D eigenvalue weighted by atomic mass is 16.2. The van der Waals surface area contributed by atoms with Crippen LogP contribution in [0.2, 0.25) is 0 Å². The van der Waals surface area contributed by atoms with Crippen molar-refractivity contribution in [2.45, 2.75) is 58.9 Å². The van der Waals surface area contributed by atoms with Crippen molar-refractivity contribution in [2.75, 3.05) is 19.6 Å². The van der Waals surface area contributed by atoms with Crippen molar-refractivity contribution in [3.8, 4) is 0 Å². The molecule has 1 aliphatic rings. The lowest BCUT2D eigenvalue weighted by atomic mass is 10.0. The summed E-state index contributed by atoms with van der Waals surface area (Å²) in [6, 6.07) is 0.0823. The van der Waals surface area contributed by atoms with Gasteiger partial charge < -0.3 is 10.2 Å². The normalized spacial score (nSPS) is 21.3. The number of nitrogens with zero attached hydrogens (tertiary/aromatic N) is 1. The summed E-state index contributed by atoms with van der Waals surface area (Å²) in [5.74, 6) is 1.10. The number of nitrogens with one attached hydrogen (secondary N) is 1. The van der Waals surface area contributed by atoms with Gasteiger partial charge in [0.05, 0.1) is 6.04 Å². The third kappa shape index (κ3) is 5.07. The molecule has 1 amide bonds. The van der Waals surface area contributed by atoms with Gasteiger partial charge in [-0.2, -0.15) is 0 Å². The van der Waals surface area contributed by atoms with Gasteiger partial charge in [0.1, 0.15) is 0 Å². The van der Waals surface area contributed by atoms with Gasteiger partial charge in [-0.25, -0.2) is 0 Å². The predicted molar refractivity (Wildman–Crippen MR) is 72.0 cm³/mol. The van der Waals surface area contributed by atoms with E-state index in [-0.39, 0.29) is 6.04 Å². The fourth-order valence-corrected chi connectivity index (χ4v) is 2.45. The summed E-state index contributed by atoms with van der Waals surface area (Å²) in [7, 11) is 0. The lowest BCUT2D eigenvalue weighted by Gasteiger charge is -2.32. The quantitative estimate of drug-likeness (QED) is 0.693. The second-order valence-electron chi connectivity index (χ2n) is 5.47. The first-order chi connectivity index (χ1) is 8.15. The highest BCUT2D eigenvalue weighted by molar-refractivity contribution is 5.82. The molecule has 0 spiro atoms. The molecular weight excluding hydrogens is 212 g/mol. The maximum Gasteiger partial charge on any atom is 0.239 e. The number of hydrogen-bond donors (Lipinski definition) is 1. The van der Waals surface area contributed by atoms with Crippen LogP contribution in [0, 0.1) is 5.92 Å². The van der Waals surface area contributed by atoms with E-state index in [4.69, 9.17) is 0 Å². The van der Waals surface area contributed by atoms with Crippen molar-refractivity contribution in [2.24, 2.45) is 5.92 Å². The summed E-state index contributed by atoms with van der Waals surface area (Å²) < 4.78 is 0. The molecule has 0 aromatic rings. The Bertz CT molecular complexity index is 226. The number of carbonyl (C=O) groups excluding carboxylic acids is 1. The second-order valence-corrected chi connectivity index (χ2v) is 5.47. The summed E-state index contributed by atoms with van der Waals surface area (Å²) in [6.45, 7) is 9.38. The summed E-state index contributed by atoms with van der Waals surface area (Å²) in [5, 5.41) is 3.28. The first-order valence-corrected chi connectivity index (χ1v) is 7.17. The van der Waals surface area contributed by atoms with Gasteiger partial charge in [0.25, 0.3) is 0 Å². The number of unbranched alkanes of at least 4 members (excludes halogenated alkanes) is 1. The lowest BCUT2D eigenvalue weighted by molar-refractivity contribution is -0.136. The van der Waals surface area contributed by atoms with Crippen LogP contribution in [0.4, 0.5) is 0 Å². The largest absolute Gasteiger partial charge is 0.341 e. The maximum atomic E-state index is 12.1. The van der Waals surface area contributed by atoms with Crippen molar-refractivity contribution in [3.63, 3.8) is 0 Å². The average Bonchev–Trinajstić information content (AvgIpc) is 2.29. The number of rotatable bonds is 7. The van der Waals surface area contributed by atoms with Crippen molar-refractivity contribution in [3.05, 3.63) is 0 Å². The Labute approximate surface area is 106 Å². The van der Waals surface area contributed by atoms with Crippen LogP contribution in [0.3, 0.4) is 0 Å². The fraction of sp³-hybridized carbons (Fsp3) is 0.929. The number of hydrogen-bond acceptors (Lipinski definition) is 2. The van der Waals surface area contributed by atoms with Crippen LogP contribution < -0.4 is 5.32 Å². The molecule has 0 aromatic carbocycles. The number of amides is 1. The Morgan fingerprint density at radius 3 is 2.82 bits per heavy atom. The van der Waals surface area contributed by atoms with Gasteiger partial charge in [0, 0.05) is 13.1 Å². The van der Waals surface area contributed by atoms with E-state index in [1.807, 2.05) is 0 Å². The van der Waals surface area contributed by atoms with E-state index in [9.17, 15) is 4.79 Å². The van der Waals surface area contributed by atoms with Crippen LogP contribution in [0.15, 0.2) is 0 Å². The molecule has 1 N–H and O–H groups in total. The van der Waals surface area contributed by atoms with E-state index in [0.29, 0.717) is 5.91 Å². The minimum Gasteiger partial charge on any atom is -0.341 e. The monoisotopic (exact) mass is 240 g/mol. The van der Waals surface area contributed by atoms with Gasteiger partial charge in [-0.3, -0.25) is 4.79 Å². The molecule has 1 saturated heterocycles. The standard InChI is InChI=1S/C14H28N2O/c1-4-15-13-9-7-11-16(14(13)17)10-6-5-8-12(2)3/h12-13,15H,4-11H2,1-3H3. The summed E-state index contributed by atoms with van der Waals surface area (Å²) in [4.78, 5) is 14.2. The Hall–Kier alpha value is -0.570. The molecule has 1 heterocycles. The van der Waals surface area contributed by atoms with Crippen LogP contribution in [0.1, 0.15) is 52.9 Å². The zero-order chi connectivity index (χ0) is 12.7. The molecule has 1 rings (SSSR count). The number of likely N-dealkylation sites (tertiary alicyclic amines) is 1. The van der Waals surface area contributed by atoms with Crippen LogP contribution in [0.5, 0.6) is 0 Å². The first kappa shape index (κ1) is 14.5. The number of carbonyl (C=O) groups is 1. The lowest BCUT2D eigenvalue weighted by Crippen LogP contribution is -2.50. The van der Waals surface area contributed by atoms with Crippen molar-refractivity contribution in [1.29, 1.82) is 0 Å². The van der Waals surface area contributed by atoms with Gasteiger partial charge in [-0.1, -0.05) is 33.6 Å². The third-order valence-corrected chi connectivity index (χ3v) is 3.44. The molecule has 1 unspecified atom stereocenters. The second kappa shape index (κ2) is 7.70. The van der Waals surface area contributed by atoms with Crippen LogP contribution in [0.25, 0.3) is 0 Å². The topological polar surface area (TPSA) is 32.3 Å². The molecule has 1 fully saturated rings. The van der Waals surface area contributed by atoms with Gasteiger partial charge in [0.2, 0.25) is 5.91 Å².